The first kappa shape index (κ1) is 52.8. The molecule has 0 bridgehead atoms. The number of aliphatic hydroxyl groups is 1. The van der Waals surface area contributed by atoms with E-state index in [1.54, 1.807) is 24.6 Å². The summed E-state index contributed by atoms with van der Waals surface area (Å²) in [7, 11) is 3.53. The average molecular weight is 1030 g/mol. The lowest BCUT2D eigenvalue weighted by molar-refractivity contribution is -0.144. The number of β-amino-alcohol motifs (C(OH)–C–C–N with tert-alkyl or cyclic N) is 1. The number of benzene rings is 3. The minimum absolute atomic E-state index is 0.0110. The normalized spacial score (nSPS) is 16.6. The highest BCUT2D eigenvalue weighted by molar-refractivity contribution is 7.13. The smallest absolute Gasteiger partial charge is 0.246 e. The van der Waals surface area contributed by atoms with Crippen LogP contribution in [0.2, 0.25) is 5.02 Å². The minimum atomic E-state index is -0.891. The molecule has 8 rings (SSSR count). The predicted molar refractivity (Wildman–Crippen MR) is 288 cm³/mol. The van der Waals surface area contributed by atoms with E-state index in [-0.39, 0.29) is 55.6 Å². The first-order valence-corrected chi connectivity index (χ1v) is 26.4. The number of nitrogens with zero attached hydrogens (tertiary/aromatic N) is 6. The maximum absolute atomic E-state index is 14.1. The molecule has 0 aliphatic carbocycles. The summed E-state index contributed by atoms with van der Waals surface area (Å²) in [5.74, 6) is 0.177. The molecular weight excluding hydrogens is 964 g/mol. The number of carbonyl (C=O) groups excluding carboxylic acids is 4. The largest absolute Gasteiger partial charge is 0.494 e. The highest BCUT2D eigenvalue weighted by atomic mass is 35.5. The number of aromatic amines is 1. The van der Waals surface area contributed by atoms with Crippen molar-refractivity contribution in [2.45, 2.75) is 116 Å². The lowest BCUT2D eigenvalue weighted by Gasteiger charge is -2.38. The molecule has 3 aromatic carbocycles. The van der Waals surface area contributed by atoms with E-state index in [2.05, 4.69) is 41.9 Å². The van der Waals surface area contributed by atoms with Gasteiger partial charge in [0.1, 0.15) is 17.8 Å². The Kier molecular flexibility index (Phi) is 17.0. The number of fused-ring (bicyclic) bond motifs is 1. The number of carbonyl (C=O) groups is 4. The number of H-pyrrole nitrogens is 1. The first-order valence-electron chi connectivity index (χ1n) is 25.2. The third-order valence-corrected chi connectivity index (χ3v) is 15.3. The topological polar surface area (TPSA) is 198 Å². The van der Waals surface area contributed by atoms with Crippen molar-refractivity contribution >= 4 is 74.8 Å². The molecule has 3 aromatic heterocycles. The Morgan fingerprint density at radius 1 is 0.986 bits per heavy atom. The minimum Gasteiger partial charge on any atom is -0.494 e. The summed E-state index contributed by atoms with van der Waals surface area (Å²) in [6.07, 6.45) is 8.00. The van der Waals surface area contributed by atoms with Crippen LogP contribution in [0.25, 0.3) is 32.6 Å². The third-order valence-electron chi connectivity index (χ3n) is 14.0. The number of aryl methyl sites for hydroxylation is 1. The number of thiazole rings is 1. The van der Waals surface area contributed by atoms with Gasteiger partial charge >= 0.3 is 0 Å². The highest BCUT2D eigenvalue weighted by Crippen LogP contribution is 2.36. The Balaban J connectivity index is 0.744. The quantitative estimate of drug-likeness (QED) is 0.0486. The molecular formula is C55H67ClN10O6S. The molecule has 0 unspecified atom stereocenters. The van der Waals surface area contributed by atoms with Gasteiger partial charge in [-0.2, -0.15) is 0 Å². The number of rotatable bonds is 19. The molecule has 386 valence electrons. The molecule has 5 heterocycles. The molecule has 0 radical (unpaired) electrons. The number of anilines is 3. The fourth-order valence-corrected chi connectivity index (χ4v) is 10.8. The summed E-state index contributed by atoms with van der Waals surface area (Å²) in [6, 6.07) is 20.3. The van der Waals surface area contributed by atoms with Gasteiger partial charge in [0.05, 0.1) is 51.9 Å². The third kappa shape index (κ3) is 12.8. The van der Waals surface area contributed by atoms with E-state index < -0.39 is 23.6 Å². The van der Waals surface area contributed by atoms with Gasteiger partial charge in [0.2, 0.25) is 29.6 Å². The number of aromatic nitrogens is 4. The second-order valence-electron chi connectivity index (χ2n) is 20.2. The SMILES string of the molecule is COc1cc(N2CCC(N(C)C(=O)CCCCCCC(=O)N[C@H](C(=O)N3C[C@H](O)C[C@H]3C(=O)NCc3ccc(-c4scnc4C)cc3)C(C)(C)C)CC2)ccc1Nc1ncc(Cl)c(-c2c[nH]c3ccccc23)n1. The number of amides is 4. The molecule has 2 aliphatic heterocycles. The Bertz CT molecular complexity index is 2890. The summed E-state index contributed by atoms with van der Waals surface area (Å²) < 4.78 is 5.81. The summed E-state index contributed by atoms with van der Waals surface area (Å²) in [4.78, 5) is 77.7. The Labute approximate surface area is 436 Å². The second-order valence-corrected chi connectivity index (χ2v) is 21.5. The summed E-state index contributed by atoms with van der Waals surface area (Å²) >= 11 is 8.16. The molecule has 0 spiro atoms. The maximum Gasteiger partial charge on any atom is 0.246 e. The number of aliphatic hydroxyl groups excluding tert-OH is 1. The van der Waals surface area contributed by atoms with E-state index >= 15 is 0 Å². The fraction of sp³-hybridized carbons (Fsp3) is 0.436. The Morgan fingerprint density at radius 2 is 1.73 bits per heavy atom. The number of para-hydroxylation sites is 1. The first-order chi connectivity index (χ1) is 35.1. The van der Waals surface area contributed by atoms with E-state index in [1.165, 1.54) is 4.90 Å². The number of methoxy groups -OCH3 is 1. The van der Waals surface area contributed by atoms with Crippen LogP contribution in [0.15, 0.2) is 84.6 Å². The van der Waals surface area contributed by atoms with Crippen LogP contribution in [0.4, 0.5) is 17.3 Å². The van der Waals surface area contributed by atoms with Gasteiger partial charge in [-0.3, -0.25) is 19.2 Å². The molecule has 3 atom stereocenters. The van der Waals surface area contributed by atoms with Crippen molar-refractivity contribution in [2.75, 3.05) is 44.0 Å². The fourth-order valence-electron chi connectivity index (χ4n) is 9.80. The highest BCUT2D eigenvalue weighted by Gasteiger charge is 2.44. The molecule has 5 N–H and O–H groups in total. The van der Waals surface area contributed by atoms with Crippen molar-refractivity contribution < 1.29 is 29.0 Å². The van der Waals surface area contributed by atoms with Crippen LogP contribution >= 0.6 is 22.9 Å². The van der Waals surface area contributed by atoms with Crippen LogP contribution in [0, 0.1) is 12.3 Å². The van der Waals surface area contributed by atoms with E-state index in [9.17, 15) is 24.3 Å². The van der Waals surface area contributed by atoms with Crippen molar-refractivity contribution in [1.82, 2.24) is 40.4 Å². The summed E-state index contributed by atoms with van der Waals surface area (Å²) in [5, 5.41) is 21.3. The van der Waals surface area contributed by atoms with Crippen LogP contribution in [-0.2, 0) is 25.7 Å². The van der Waals surface area contributed by atoms with Gasteiger partial charge in [0, 0.05) is 92.9 Å². The molecule has 18 heteroatoms. The number of hydrogen-bond donors (Lipinski definition) is 5. The van der Waals surface area contributed by atoms with Gasteiger partial charge in [-0.1, -0.05) is 87.7 Å². The van der Waals surface area contributed by atoms with Crippen molar-refractivity contribution in [3.8, 4) is 27.4 Å². The molecule has 4 amide bonds. The van der Waals surface area contributed by atoms with Crippen molar-refractivity contribution in [2.24, 2.45) is 5.41 Å². The van der Waals surface area contributed by atoms with Gasteiger partial charge in [0.15, 0.2) is 0 Å². The summed E-state index contributed by atoms with van der Waals surface area (Å²) in [5.41, 5.74) is 8.35. The van der Waals surface area contributed by atoms with Crippen LogP contribution < -0.4 is 25.6 Å². The maximum atomic E-state index is 14.1. The zero-order valence-electron chi connectivity index (χ0n) is 42.5. The molecule has 73 heavy (non-hydrogen) atoms. The molecule has 16 nitrogen and oxygen atoms in total. The predicted octanol–water partition coefficient (Wildman–Crippen LogP) is 9.04. The average Bonchev–Trinajstić information content (AvgIpc) is 4.14. The molecule has 0 saturated carbocycles. The van der Waals surface area contributed by atoms with Gasteiger partial charge in [0.25, 0.3) is 0 Å². The standard InChI is InChI=1S/C55H67ClN10O6S/c1-34-50(73-33-60-34)36-19-17-35(18-20-36)29-58-52(70)45-28-39(67)32-66(45)53(71)51(55(2,3)4)62-47(68)15-9-7-8-10-16-48(69)64(5)37-23-25-65(26-24-37)38-21-22-44(46(27-38)72-6)61-54-59-31-42(56)49(63-54)41-30-57-43-14-12-11-13-40(41)43/h11-14,17-22,27,30-31,33,37,39,45,51,57,67H,7-10,15-16,23-26,28-29,32H2,1-6H3,(H,58,70)(H,62,68)(H,59,61,63)/t39-,45+,51-/m1/s1. The number of unbranched alkanes of at least 4 members (excludes halogenated alkanes) is 3. The van der Waals surface area contributed by atoms with Crippen molar-refractivity contribution in [3.05, 3.63) is 101 Å². The van der Waals surface area contributed by atoms with Crippen LogP contribution in [-0.4, -0.2) is 116 Å². The molecule has 2 aliphatic rings. The molecule has 2 saturated heterocycles. The molecule has 6 aromatic rings. The van der Waals surface area contributed by atoms with Gasteiger partial charge in [-0.05, 0) is 67.3 Å². The second kappa shape index (κ2) is 23.5. The van der Waals surface area contributed by atoms with Crippen LogP contribution in [0.3, 0.4) is 0 Å². The van der Waals surface area contributed by atoms with Crippen molar-refractivity contribution in [3.63, 3.8) is 0 Å². The van der Waals surface area contributed by atoms with Crippen molar-refractivity contribution in [1.29, 1.82) is 0 Å². The number of piperidine rings is 1. The lowest BCUT2D eigenvalue weighted by Crippen LogP contribution is -2.57. The number of likely N-dealkylation sites (tertiary alicyclic amines) is 1. The Hall–Kier alpha value is -6.56. The number of ether oxygens (including phenoxy) is 1. The zero-order chi connectivity index (χ0) is 51.8. The van der Waals surface area contributed by atoms with Gasteiger partial charge in [-0.15, -0.1) is 11.3 Å². The van der Waals surface area contributed by atoms with E-state index in [4.69, 9.17) is 21.3 Å². The monoisotopic (exact) mass is 1030 g/mol. The number of halogens is 1. The van der Waals surface area contributed by atoms with Gasteiger partial charge in [-0.25, -0.2) is 15.0 Å². The van der Waals surface area contributed by atoms with E-state index in [0.29, 0.717) is 35.3 Å². The molecule has 2 fully saturated rings. The van der Waals surface area contributed by atoms with Crippen LogP contribution in [0.5, 0.6) is 5.75 Å². The Morgan fingerprint density at radius 3 is 2.44 bits per heavy atom. The van der Waals surface area contributed by atoms with E-state index in [1.807, 2.05) is 112 Å². The van der Waals surface area contributed by atoms with Crippen LogP contribution in [0.1, 0.15) is 89.8 Å². The number of hydrogen-bond acceptors (Lipinski definition) is 12. The van der Waals surface area contributed by atoms with E-state index in [0.717, 1.165) is 94.7 Å². The lowest BCUT2D eigenvalue weighted by atomic mass is 9.85. The zero-order valence-corrected chi connectivity index (χ0v) is 44.1. The van der Waals surface area contributed by atoms with Gasteiger partial charge < -0.3 is 45.5 Å². The summed E-state index contributed by atoms with van der Waals surface area (Å²) in [6.45, 7) is 9.46. The number of nitrogens with one attached hydrogen (secondary N) is 4.